The Labute approximate surface area is 192 Å². The fraction of sp³-hybridized carbons (Fsp3) is 0.192. The molecule has 1 saturated heterocycles. The Morgan fingerprint density at radius 2 is 1.39 bits per heavy atom. The van der Waals surface area contributed by atoms with Gasteiger partial charge in [0.1, 0.15) is 0 Å². The van der Waals surface area contributed by atoms with Crippen molar-refractivity contribution in [1.82, 2.24) is 4.90 Å². The first-order valence-corrected chi connectivity index (χ1v) is 10.8. The molecular formula is C26H25N3O4. The lowest BCUT2D eigenvalue weighted by molar-refractivity contribution is 0.0302. The van der Waals surface area contributed by atoms with E-state index < -0.39 is 0 Å². The molecule has 3 aromatic rings. The molecule has 168 valence electrons. The number of carbonyl (C=O) groups is 3. The van der Waals surface area contributed by atoms with E-state index in [1.807, 2.05) is 13.0 Å². The van der Waals surface area contributed by atoms with Crippen LogP contribution in [0.3, 0.4) is 0 Å². The highest BCUT2D eigenvalue weighted by Gasteiger charge is 2.21. The van der Waals surface area contributed by atoms with E-state index in [0.717, 1.165) is 0 Å². The number of anilines is 2. The van der Waals surface area contributed by atoms with Gasteiger partial charge in [-0.15, -0.1) is 0 Å². The Balaban J connectivity index is 1.43. The van der Waals surface area contributed by atoms with Gasteiger partial charge in [-0.05, 0) is 61.0 Å². The van der Waals surface area contributed by atoms with Crippen LogP contribution in [0.4, 0.5) is 11.4 Å². The van der Waals surface area contributed by atoms with Gasteiger partial charge >= 0.3 is 0 Å². The maximum atomic E-state index is 12.9. The third kappa shape index (κ3) is 5.27. The van der Waals surface area contributed by atoms with E-state index in [-0.39, 0.29) is 17.7 Å². The average molecular weight is 444 g/mol. The number of nitrogens with one attached hydrogen (secondary N) is 2. The third-order valence-corrected chi connectivity index (χ3v) is 5.55. The molecule has 0 atom stereocenters. The van der Waals surface area contributed by atoms with Crippen LogP contribution in [0.25, 0.3) is 0 Å². The van der Waals surface area contributed by atoms with Gasteiger partial charge in [0.2, 0.25) is 0 Å². The molecule has 0 spiro atoms. The number of morpholine rings is 1. The Morgan fingerprint density at radius 3 is 2.09 bits per heavy atom. The standard InChI is InChI=1S/C26H25N3O4/c1-18-22(26(32)29-14-16-33-17-15-29)8-5-9-23(18)28-25(31)20-10-12-21(13-11-20)27-24(30)19-6-3-2-4-7-19/h2-13H,14-17H2,1H3,(H,27,30)(H,28,31). The Bertz CT molecular complexity index is 1150. The molecule has 4 rings (SSSR count). The highest BCUT2D eigenvalue weighted by atomic mass is 16.5. The first kappa shape index (κ1) is 22.2. The minimum atomic E-state index is -0.296. The maximum absolute atomic E-state index is 12.9. The second-order valence-corrected chi connectivity index (χ2v) is 7.73. The maximum Gasteiger partial charge on any atom is 0.255 e. The number of rotatable bonds is 5. The van der Waals surface area contributed by atoms with Gasteiger partial charge < -0.3 is 20.3 Å². The van der Waals surface area contributed by atoms with Crippen molar-refractivity contribution in [2.24, 2.45) is 0 Å². The second kappa shape index (κ2) is 10.1. The van der Waals surface area contributed by atoms with Crippen LogP contribution < -0.4 is 10.6 Å². The molecule has 1 heterocycles. The summed E-state index contributed by atoms with van der Waals surface area (Å²) in [5.74, 6) is -0.578. The number of hydrogen-bond donors (Lipinski definition) is 2. The molecule has 0 radical (unpaired) electrons. The number of amides is 3. The van der Waals surface area contributed by atoms with E-state index >= 15 is 0 Å². The van der Waals surface area contributed by atoms with E-state index in [0.29, 0.717) is 59.9 Å². The van der Waals surface area contributed by atoms with Crippen LogP contribution in [0.15, 0.2) is 72.8 Å². The fourth-order valence-corrected chi connectivity index (χ4v) is 3.63. The molecule has 7 nitrogen and oxygen atoms in total. The molecule has 2 N–H and O–H groups in total. The lowest BCUT2D eigenvalue weighted by atomic mass is 10.0. The zero-order chi connectivity index (χ0) is 23.2. The van der Waals surface area contributed by atoms with Crippen molar-refractivity contribution in [2.75, 3.05) is 36.9 Å². The number of nitrogens with zero attached hydrogens (tertiary/aromatic N) is 1. The van der Waals surface area contributed by atoms with E-state index in [1.54, 1.807) is 71.6 Å². The van der Waals surface area contributed by atoms with Gasteiger partial charge in [-0.2, -0.15) is 0 Å². The number of benzene rings is 3. The molecule has 0 aromatic heterocycles. The van der Waals surface area contributed by atoms with Crippen molar-refractivity contribution in [3.63, 3.8) is 0 Å². The molecule has 1 fully saturated rings. The van der Waals surface area contributed by atoms with Gasteiger partial charge in [0.15, 0.2) is 0 Å². The van der Waals surface area contributed by atoms with Crippen LogP contribution in [0.2, 0.25) is 0 Å². The summed E-state index contributed by atoms with van der Waals surface area (Å²) < 4.78 is 5.32. The Morgan fingerprint density at radius 1 is 0.758 bits per heavy atom. The summed E-state index contributed by atoms with van der Waals surface area (Å²) in [5.41, 5.74) is 3.45. The largest absolute Gasteiger partial charge is 0.378 e. The summed E-state index contributed by atoms with van der Waals surface area (Å²) in [6.45, 7) is 4.00. The second-order valence-electron chi connectivity index (χ2n) is 7.73. The van der Waals surface area contributed by atoms with Crippen LogP contribution in [0.1, 0.15) is 36.6 Å². The predicted molar refractivity (Wildman–Crippen MR) is 127 cm³/mol. The van der Waals surface area contributed by atoms with Crippen LogP contribution in [0.5, 0.6) is 0 Å². The first-order valence-electron chi connectivity index (χ1n) is 10.8. The zero-order valence-electron chi connectivity index (χ0n) is 18.3. The van der Waals surface area contributed by atoms with Gasteiger partial charge in [-0.3, -0.25) is 14.4 Å². The van der Waals surface area contributed by atoms with Crippen molar-refractivity contribution < 1.29 is 19.1 Å². The summed E-state index contributed by atoms with van der Waals surface area (Å²) >= 11 is 0. The molecule has 1 aliphatic rings. The molecule has 7 heteroatoms. The van der Waals surface area contributed by atoms with Gasteiger partial charge in [0.25, 0.3) is 17.7 Å². The zero-order valence-corrected chi connectivity index (χ0v) is 18.3. The molecule has 0 bridgehead atoms. The van der Waals surface area contributed by atoms with Crippen LogP contribution >= 0.6 is 0 Å². The van der Waals surface area contributed by atoms with Crippen molar-refractivity contribution in [3.05, 3.63) is 95.1 Å². The first-order chi connectivity index (χ1) is 16.0. The van der Waals surface area contributed by atoms with Gasteiger partial charge in [0, 0.05) is 41.2 Å². The smallest absolute Gasteiger partial charge is 0.255 e. The van der Waals surface area contributed by atoms with Crippen LogP contribution in [-0.2, 0) is 4.74 Å². The monoisotopic (exact) mass is 443 g/mol. The number of hydrogen-bond acceptors (Lipinski definition) is 4. The molecule has 33 heavy (non-hydrogen) atoms. The summed E-state index contributed by atoms with van der Waals surface area (Å²) in [6.07, 6.45) is 0. The van der Waals surface area contributed by atoms with Crippen LogP contribution in [-0.4, -0.2) is 48.9 Å². The Hall–Kier alpha value is -3.97. The van der Waals surface area contributed by atoms with Gasteiger partial charge in [0.05, 0.1) is 13.2 Å². The van der Waals surface area contributed by atoms with Crippen molar-refractivity contribution in [3.8, 4) is 0 Å². The molecule has 1 aliphatic heterocycles. The topological polar surface area (TPSA) is 87.7 Å². The van der Waals surface area contributed by atoms with Crippen LogP contribution in [0, 0.1) is 6.92 Å². The number of carbonyl (C=O) groups excluding carboxylic acids is 3. The van der Waals surface area contributed by atoms with Gasteiger partial charge in [-0.1, -0.05) is 24.3 Å². The minimum absolute atomic E-state index is 0.0644. The summed E-state index contributed by atoms with van der Waals surface area (Å²) in [5, 5.41) is 5.70. The molecular weight excluding hydrogens is 418 g/mol. The SMILES string of the molecule is Cc1c(NC(=O)c2ccc(NC(=O)c3ccccc3)cc2)cccc1C(=O)N1CCOCC1. The summed E-state index contributed by atoms with van der Waals surface area (Å²) in [4.78, 5) is 39.7. The fourth-order valence-electron chi connectivity index (χ4n) is 3.63. The van der Waals surface area contributed by atoms with Crippen molar-refractivity contribution in [2.45, 2.75) is 6.92 Å². The lowest BCUT2D eigenvalue weighted by Crippen LogP contribution is -2.41. The summed E-state index contributed by atoms with van der Waals surface area (Å²) in [6, 6.07) is 20.9. The van der Waals surface area contributed by atoms with Crippen molar-refractivity contribution in [1.29, 1.82) is 0 Å². The van der Waals surface area contributed by atoms with E-state index in [1.165, 1.54) is 0 Å². The molecule has 0 saturated carbocycles. The normalized spacial score (nSPS) is 13.3. The van der Waals surface area contributed by atoms with Gasteiger partial charge in [-0.25, -0.2) is 0 Å². The molecule has 3 amide bonds. The highest BCUT2D eigenvalue weighted by Crippen LogP contribution is 2.22. The van der Waals surface area contributed by atoms with E-state index in [9.17, 15) is 14.4 Å². The molecule has 3 aromatic carbocycles. The summed E-state index contributed by atoms with van der Waals surface area (Å²) in [7, 11) is 0. The highest BCUT2D eigenvalue weighted by molar-refractivity contribution is 6.07. The lowest BCUT2D eigenvalue weighted by Gasteiger charge is -2.27. The average Bonchev–Trinajstić information content (AvgIpc) is 2.86. The van der Waals surface area contributed by atoms with E-state index in [4.69, 9.17) is 4.74 Å². The molecule has 0 aliphatic carbocycles. The van der Waals surface area contributed by atoms with E-state index in [2.05, 4.69) is 10.6 Å². The minimum Gasteiger partial charge on any atom is -0.378 e. The quantitative estimate of drug-likeness (QED) is 0.625. The molecule has 0 unspecified atom stereocenters. The predicted octanol–water partition coefficient (Wildman–Crippen LogP) is 3.97. The number of ether oxygens (including phenoxy) is 1. The Kier molecular flexibility index (Phi) is 6.80. The van der Waals surface area contributed by atoms with Crippen molar-refractivity contribution >= 4 is 29.1 Å². The third-order valence-electron chi connectivity index (χ3n) is 5.55.